The van der Waals surface area contributed by atoms with E-state index in [1.807, 2.05) is 13.8 Å². The standard InChI is InChI=1S/C14H26O8/c1-3-5-9(15)7-21-13(19)11(17)12(18)14(20)22-8-10(16)6-4-2/h9-12,15-18H,3-8H2,1-2H3. The van der Waals surface area contributed by atoms with Gasteiger partial charge in [0, 0.05) is 0 Å². The highest BCUT2D eigenvalue weighted by molar-refractivity contribution is 5.85. The summed E-state index contributed by atoms with van der Waals surface area (Å²) < 4.78 is 9.20. The molecule has 0 bridgehead atoms. The third-order valence-electron chi connectivity index (χ3n) is 2.86. The summed E-state index contributed by atoms with van der Waals surface area (Å²) in [5.41, 5.74) is 0. The van der Waals surface area contributed by atoms with Gasteiger partial charge in [-0.05, 0) is 12.8 Å². The second-order valence-corrected chi connectivity index (χ2v) is 5.03. The zero-order valence-corrected chi connectivity index (χ0v) is 13.0. The molecule has 0 aromatic heterocycles. The van der Waals surface area contributed by atoms with Crippen molar-refractivity contribution in [1.29, 1.82) is 0 Å². The van der Waals surface area contributed by atoms with Crippen molar-refractivity contribution in [2.75, 3.05) is 13.2 Å². The van der Waals surface area contributed by atoms with Gasteiger partial charge in [0.15, 0.2) is 12.2 Å². The molecule has 4 N–H and O–H groups in total. The lowest BCUT2D eigenvalue weighted by molar-refractivity contribution is -0.176. The largest absolute Gasteiger partial charge is 0.461 e. The normalized spacial score (nSPS) is 16.5. The smallest absolute Gasteiger partial charge is 0.338 e. The Labute approximate surface area is 129 Å². The zero-order chi connectivity index (χ0) is 17.1. The van der Waals surface area contributed by atoms with Crippen LogP contribution in [-0.4, -0.2) is 70.0 Å². The van der Waals surface area contributed by atoms with E-state index in [0.717, 1.165) is 0 Å². The van der Waals surface area contributed by atoms with Crippen molar-refractivity contribution in [2.24, 2.45) is 0 Å². The van der Waals surface area contributed by atoms with E-state index in [0.29, 0.717) is 25.7 Å². The van der Waals surface area contributed by atoms with Gasteiger partial charge >= 0.3 is 11.9 Å². The van der Waals surface area contributed by atoms with Crippen LogP contribution in [0.15, 0.2) is 0 Å². The molecule has 0 saturated carbocycles. The van der Waals surface area contributed by atoms with Crippen LogP contribution in [0.2, 0.25) is 0 Å². The minimum atomic E-state index is -2.11. The fourth-order valence-electron chi connectivity index (χ4n) is 1.62. The molecular formula is C14H26O8. The Hall–Kier alpha value is -1.22. The molecule has 0 spiro atoms. The van der Waals surface area contributed by atoms with Crippen molar-refractivity contribution >= 4 is 11.9 Å². The van der Waals surface area contributed by atoms with E-state index in [2.05, 4.69) is 9.47 Å². The molecular weight excluding hydrogens is 296 g/mol. The Kier molecular flexibility index (Phi) is 10.7. The molecule has 0 amide bonds. The highest BCUT2D eigenvalue weighted by Crippen LogP contribution is 2.04. The predicted octanol–water partition coefficient (Wildman–Crippen LogP) is -0.883. The van der Waals surface area contributed by atoms with Crippen LogP contribution in [0.3, 0.4) is 0 Å². The SMILES string of the molecule is CCCC(O)COC(=O)C(O)C(O)C(=O)OCC(O)CCC. The number of ether oxygens (including phenoxy) is 2. The summed E-state index contributed by atoms with van der Waals surface area (Å²) in [5, 5.41) is 37.8. The molecule has 8 heteroatoms. The van der Waals surface area contributed by atoms with Gasteiger partial charge in [0.1, 0.15) is 13.2 Å². The van der Waals surface area contributed by atoms with Crippen molar-refractivity contribution in [3.8, 4) is 0 Å². The molecule has 0 aliphatic heterocycles. The monoisotopic (exact) mass is 322 g/mol. The van der Waals surface area contributed by atoms with Crippen molar-refractivity contribution in [3.05, 3.63) is 0 Å². The fraction of sp³-hybridized carbons (Fsp3) is 0.857. The second-order valence-electron chi connectivity index (χ2n) is 5.03. The molecule has 4 atom stereocenters. The number of carbonyl (C=O) groups is 2. The number of hydrogen-bond donors (Lipinski definition) is 4. The molecule has 0 radical (unpaired) electrons. The number of rotatable bonds is 11. The third kappa shape index (κ3) is 8.28. The summed E-state index contributed by atoms with van der Waals surface area (Å²) in [7, 11) is 0. The number of aliphatic hydroxyl groups excluding tert-OH is 4. The maximum Gasteiger partial charge on any atom is 0.338 e. The lowest BCUT2D eigenvalue weighted by Gasteiger charge is -2.18. The lowest BCUT2D eigenvalue weighted by atomic mass is 10.2. The van der Waals surface area contributed by atoms with E-state index in [9.17, 15) is 30.0 Å². The molecule has 0 rings (SSSR count). The first-order valence-electron chi connectivity index (χ1n) is 7.38. The molecule has 0 aromatic carbocycles. The summed E-state index contributed by atoms with van der Waals surface area (Å²) in [6, 6.07) is 0. The van der Waals surface area contributed by atoms with Crippen molar-refractivity contribution < 1.29 is 39.5 Å². The summed E-state index contributed by atoms with van der Waals surface area (Å²) in [4.78, 5) is 22.9. The van der Waals surface area contributed by atoms with Crippen LogP contribution in [0.1, 0.15) is 39.5 Å². The lowest BCUT2D eigenvalue weighted by Crippen LogP contribution is -2.43. The van der Waals surface area contributed by atoms with E-state index in [1.54, 1.807) is 0 Å². The van der Waals surface area contributed by atoms with Crippen LogP contribution in [0, 0.1) is 0 Å². The minimum Gasteiger partial charge on any atom is -0.461 e. The summed E-state index contributed by atoms with van der Waals surface area (Å²) in [5.74, 6) is -2.46. The van der Waals surface area contributed by atoms with E-state index >= 15 is 0 Å². The van der Waals surface area contributed by atoms with Crippen molar-refractivity contribution in [3.63, 3.8) is 0 Å². The highest BCUT2D eigenvalue weighted by atomic mass is 16.6. The number of aliphatic hydroxyl groups is 4. The fourth-order valence-corrected chi connectivity index (χ4v) is 1.62. The molecule has 0 fully saturated rings. The van der Waals surface area contributed by atoms with Gasteiger partial charge in [-0.2, -0.15) is 0 Å². The molecule has 4 unspecified atom stereocenters. The maximum absolute atomic E-state index is 11.4. The molecule has 0 aliphatic carbocycles. The van der Waals surface area contributed by atoms with E-state index in [-0.39, 0.29) is 13.2 Å². The number of esters is 2. The first kappa shape index (κ1) is 20.8. The quantitative estimate of drug-likeness (QED) is 0.360. The van der Waals surface area contributed by atoms with Crippen LogP contribution in [-0.2, 0) is 19.1 Å². The van der Waals surface area contributed by atoms with Gasteiger partial charge in [-0.3, -0.25) is 0 Å². The molecule has 0 aliphatic rings. The van der Waals surface area contributed by atoms with Crippen molar-refractivity contribution in [2.45, 2.75) is 63.9 Å². The molecule has 130 valence electrons. The first-order chi connectivity index (χ1) is 10.3. The minimum absolute atomic E-state index is 0.333. The molecule has 0 saturated heterocycles. The molecule has 0 aromatic rings. The zero-order valence-electron chi connectivity index (χ0n) is 13.0. The van der Waals surface area contributed by atoms with Gasteiger partial charge in [0.2, 0.25) is 0 Å². The third-order valence-corrected chi connectivity index (χ3v) is 2.86. The summed E-state index contributed by atoms with van der Waals surface area (Å²) in [6.07, 6.45) is -3.72. The number of carbonyl (C=O) groups excluding carboxylic acids is 2. The average Bonchev–Trinajstić information content (AvgIpc) is 2.49. The van der Waals surface area contributed by atoms with Crippen LogP contribution in [0.5, 0.6) is 0 Å². The van der Waals surface area contributed by atoms with Gasteiger partial charge in [0.25, 0.3) is 0 Å². The Bertz CT molecular complexity index is 301. The van der Waals surface area contributed by atoms with Crippen LogP contribution in [0.25, 0.3) is 0 Å². The van der Waals surface area contributed by atoms with Crippen LogP contribution < -0.4 is 0 Å². The first-order valence-corrected chi connectivity index (χ1v) is 7.38. The maximum atomic E-state index is 11.4. The molecule has 22 heavy (non-hydrogen) atoms. The summed E-state index contributed by atoms with van der Waals surface area (Å²) >= 11 is 0. The van der Waals surface area contributed by atoms with E-state index in [1.165, 1.54) is 0 Å². The Morgan fingerprint density at radius 3 is 1.36 bits per heavy atom. The van der Waals surface area contributed by atoms with E-state index in [4.69, 9.17) is 0 Å². The Morgan fingerprint density at radius 2 is 1.09 bits per heavy atom. The van der Waals surface area contributed by atoms with Crippen LogP contribution >= 0.6 is 0 Å². The van der Waals surface area contributed by atoms with E-state index < -0.39 is 36.4 Å². The number of hydrogen-bond acceptors (Lipinski definition) is 8. The summed E-state index contributed by atoms with van der Waals surface area (Å²) in [6.45, 7) is 3.01. The molecule has 0 heterocycles. The molecule has 8 nitrogen and oxygen atoms in total. The Balaban J connectivity index is 4.19. The average molecular weight is 322 g/mol. The predicted molar refractivity (Wildman–Crippen MR) is 75.8 cm³/mol. The van der Waals surface area contributed by atoms with Gasteiger partial charge in [-0.1, -0.05) is 26.7 Å². The topological polar surface area (TPSA) is 134 Å². The van der Waals surface area contributed by atoms with Crippen LogP contribution in [0.4, 0.5) is 0 Å². The van der Waals surface area contributed by atoms with Gasteiger partial charge in [-0.15, -0.1) is 0 Å². The van der Waals surface area contributed by atoms with Crippen molar-refractivity contribution in [1.82, 2.24) is 0 Å². The Morgan fingerprint density at radius 1 is 0.773 bits per heavy atom. The van der Waals surface area contributed by atoms with Gasteiger partial charge in [0.05, 0.1) is 12.2 Å². The second kappa shape index (κ2) is 11.4. The highest BCUT2D eigenvalue weighted by Gasteiger charge is 2.33. The van der Waals surface area contributed by atoms with Gasteiger partial charge in [-0.25, -0.2) is 9.59 Å². The van der Waals surface area contributed by atoms with Gasteiger partial charge < -0.3 is 29.9 Å².